The molecule has 33 nitrogen and oxygen atoms in total. The normalized spacial score (nSPS) is 10.6. The number of amides is 7. The highest BCUT2D eigenvalue weighted by Crippen LogP contribution is 2.41. The number of benzene rings is 7. The first kappa shape index (κ1) is 99.9. The zero-order valence-corrected chi connectivity index (χ0v) is 78.9. The minimum atomic E-state index is -0.590. The fraction of sp³-hybridized carbons (Fsp3) is 0.0463. The van der Waals surface area contributed by atoms with Crippen LogP contribution in [0, 0.1) is 88.1 Å². The average Bonchev–Trinajstić information content (AvgIpc) is 1.59. The van der Waals surface area contributed by atoms with Gasteiger partial charge in [0, 0.05) is 172 Å². The summed E-state index contributed by atoms with van der Waals surface area (Å²) in [5.41, 5.74) is 60.0. The zero-order valence-electron chi connectivity index (χ0n) is 77.4. The number of pyridine rings is 7. The molecule has 0 unspecified atom stereocenters. The molecule has 21 aromatic rings. The van der Waals surface area contributed by atoms with Crippen molar-refractivity contribution in [1.29, 1.82) is 26.3 Å². The van der Waals surface area contributed by atoms with Crippen LogP contribution in [0.4, 0.5) is 13.2 Å². The fourth-order valence-electron chi connectivity index (χ4n) is 17.0. The van der Waals surface area contributed by atoms with Crippen LogP contribution in [0.5, 0.6) is 0 Å². The molecule has 0 radical (unpaired) electrons. The van der Waals surface area contributed by atoms with Crippen molar-refractivity contribution >= 4 is 141 Å². The van der Waals surface area contributed by atoms with Crippen molar-refractivity contribution in [2.45, 2.75) is 13.8 Å². The third-order valence-corrected chi connectivity index (χ3v) is 24.0. The molecule has 21 rings (SSSR count). The van der Waals surface area contributed by atoms with Crippen molar-refractivity contribution < 1.29 is 46.7 Å². The number of aromatic amines is 4. The summed E-state index contributed by atoms with van der Waals surface area (Å²) in [5.74, 6) is -5.05. The maximum atomic E-state index is 14.0. The molecule has 0 aliphatic rings. The molecule has 0 fully saturated rings. The van der Waals surface area contributed by atoms with Gasteiger partial charge in [0.1, 0.15) is 61.8 Å². The van der Waals surface area contributed by atoms with Crippen LogP contribution in [0.15, 0.2) is 268 Å². The van der Waals surface area contributed by atoms with Crippen LogP contribution in [0.1, 0.15) is 112 Å². The number of H-pyrrole nitrogens is 4. The Balaban J connectivity index is 0.000000128. The van der Waals surface area contributed by atoms with Crippen molar-refractivity contribution in [1.82, 2.24) is 68.5 Å². The molecular weight excluding hydrogens is 1900 g/mol. The van der Waals surface area contributed by atoms with Gasteiger partial charge in [0.2, 0.25) is 5.95 Å². The molecule has 716 valence electrons. The van der Waals surface area contributed by atoms with Crippen LogP contribution in [0.3, 0.4) is 0 Å². The summed E-state index contributed by atoms with van der Waals surface area (Å²) >= 11 is 11.9. The van der Waals surface area contributed by atoms with Crippen molar-refractivity contribution in [3.05, 3.63) is 375 Å². The van der Waals surface area contributed by atoms with Gasteiger partial charge in [-0.25, -0.2) is 23.7 Å². The Morgan fingerprint density at radius 3 is 0.993 bits per heavy atom. The number of nitriles is 5. The van der Waals surface area contributed by atoms with Crippen molar-refractivity contribution in [2.24, 2.45) is 61.3 Å². The van der Waals surface area contributed by atoms with E-state index in [-0.39, 0.29) is 17.3 Å². The molecule has 7 aromatic carbocycles. The summed E-state index contributed by atoms with van der Waals surface area (Å²) < 4.78 is 45.9. The van der Waals surface area contributed by atoms with E-state index in [0.717, 1.165) is 105 Å². The highest BCUT2D eigenvalue weighted by Gasteiger charge is 2.25. The second-order valence-electron chi connectivity index (χ2n) is 32.7. The predicted octanol–water partition coefficient (Wildman–Crippen LogP) is 18.0. The Kier molecular flexibility index (Phi) is 29.3. The van der Waals surface area contributed by atoms with Gasteiger partial charge in [-0.3, -0.25) is 53.5 Å². The summed E-state index contributed by atoms with van der Waals surface area (Å²) in [7, 11) is 5.32. The number of fused-ring (bicyclic) bond motifs is 7. The molecule has 18 N–H and O–H groups in total. The van der Waals surface area contributed by atoms with Crippen LogP contribution in [-0.2, 0) is 21.1 Å². The van der Waals surface area contributed by atoms with Crippen LogP contribution < -0.4 is 40.1 Å². The smallest absolute Gasteiger partial charge is 0.265 e. The number of nitrogens with zero attached hydrogens (tertiary/aromatic N) is 15. The Morgan fingerprint density at radius 2 is 0.637 bits per heavy atom. The average molecular weight is 1980 g/mol. The molecule has 0 aliphatic carbocycles. The number of nitrogens with one attached hydrogen (secondary N) is 4. The molecule has 0 bridgehead atoms. The largest absolute Gasteiger partial charge is 0.364 e. The minimum Gasteiger partial charge on any atom is -0.364 e. The Morgan fingerprint density at radius 1 is 0.308 bits per heavy atom. The van der Waals surface area contributed by atoms with E-state index >= 15 is 0 Å². The number of primary amides is 7. The molecule has 0 saturated heterocycles. The van der Waals surface area contributed by atoms with Gasteiger partial charge in [0.15, 0.2) is 0 Å². The molecule has 0 aliphatic heterocycles. The quantitative estimate of drug-likeness (QED) is 0.0450. The van der Waals surface area contributed by atoms with E-state index in [1.165, 1.54) is 36.5 Å². The van der Waals surface area contributed by atoms with E-state index in [0.29, 0.717) is 133 Å². The third kappa shape index (κ3) is 21.2. The minimum absolute atomic E-state index is 0.247. The van der Waals surface area contributed by atoms with Gasteiger partial charge in [-0.05, 0) is 259 Å². The van der Waals surface area contributed by atoms with Crippen LogP contribution >= 0.6 is 23.2 Å². The summed E-state index contributed by atoms with van der Waals surface area (Å²) in [6.45, 7) is 3.52. The van der Waals surface area contributed by atoms with Crippen molar-refractivity contribution in [3.63, 3.8) is 0 Å². The fourth-order valence-corrected chi connectivity index (χ4v) is 17.4. The molecular formula is C108H77Cl2F3N26O7. The van der Waals surface area contributed by atoms with Gasteiger partial charge >= 0.3 is 0 Å². The lowest BCUT2D eigenvalue weighted by molar-refractivity contribution is 0.0984. The lowest BCUT2D eigenvalue weighted by Crippen LogP contribution is -2.16. The molecule has 0 atom stereocenters. The number of hydrogen-bond donors (Lipinski definition) is 11. The van der Waals surface area contributed by atoms with Crippen LogP contribution in [0.25, 0.3) is 154 Å². The van der Waals surface area contributed by atoms with Crippen LogP contribution in [-0.4, -0.2) is 110 Å². The third-order valence-electron chi connectivity index (χ3n) is 23.6. The number of nitrogens with two attached hydrogens (primary N) is 7. The number of carbonyl (C=O) groups is 7. The van der Waals surface area contributed by atoms with E-state index in [4.69, 9.17) is 79.1 Å². The number of aryl methyl sites for hydroxylation is 5. The Bertz CT molecular complexity index is 9080. The van der Waals surface area contributed by atoms with E-state index in [1.54, 1.807) is 250 Å². The second-order valence-corrected chi connectivity index (χ2v) is 33.4. The Labute approximate surface area is 835 Å². The summed E-state index contributed by atoms with van der Waals surface area (Å²) in [6.07, 6.45) is 17.9. The maximum Gasteiger partial charge on any atom is 0.265 e. The highest BCUT2D eigenvalue weighted by atomic mass is 35.5. The topological polar surface area (TPSA) is 589 Å². The molecule has 146 heavy (non-hydrogen) atoms. The van der Waals surface area contributed by atoms with Gasteiger partial charge in [-0.1, -0.05) is 23.2 Å². The maximum absolute atomic E-state index is 14.0. The van der Waals surface area contributed by atoms with E-state index < -0.39 is 47.3 Å². The Hall–Kier alpha value is -20.5. The number of hydrogen-bond acceptors (Lipinski definition) is 19. The number of aromatic nitrogens is 14. The van der Waals surface area contributed by atoms with E-state index in [1.807, 2.05) is 30.3 Å². The molecule has 0 saturated carbocycles. The molecule has 38 heteroatoms. The summed E-state index contributed by atoms with van der Waals surface area (Å²) in [5, 5.41) is 51.6. The van der Waals surface area contributed by atoms with Gasteiger partial charge < -0.3 is 73.8 Å². The zero-order chi connectivity index (χ0) is 104. The van der Waals surface area contributed by atoms with Gasteiger partial charge in [0.25, 0.3) is 41.4 Å². The second kappa shape index (κ2) is 42.8. The molecule has 14 heterocycles. The van der Waals surface area contributed by atoms with E-state index in [9.17, 15) is 57.3 Å². The number of carbonyl (C=O) groups excluding carboxylic acids is 7. The first-order chi connectivity index (χ1) is 70.0. The summed E-state index contributed by atoms with van der Waals surface area (Å²) in [4.78, 5) is 119. The highest BCUT2D eigenvalue weighted by molar-refractivity contribution is 6.30. The standard InChI is InChI=1S/C16H11ClN4O.C16H14FN3O.C16H12N4O.C15H9ClN4O.C15H9FN4O.C15H12FN3O.C15H10N4O/c1-21-13(16(19)22)6-11-4-9(8-18)5-12(15(11)21)10-2-3-20-14(17)7-10;1-9-12-7-11(17)8-13(10-3-5-19-6-4-10)15(12)20(2)14(9)16(18)21;1-20-14(16(18)21)8-12-6-10(9-17)7-13(15(12)20)11-2-4-19-5-3-11;16-13-6-9(1-2-19-13)11-4-8(7-17)3-10-5-12(15(18)21)20-14(10)11;16-13-2-1-9(7-19-13)11-4-8(6-17)3-10-5-12(15(18)21)20-14(10)11;1-8-11-6-10(16)7-12(9-2-4-18-5-3-9)14(11)19-13(8)15(17)20;16-8-9-5-11-7-13(15(17)20)19-14(11)12(6-9)10-1-3-18-4-2-10/h2-7H,1H3,(H2,19,22);3-8H,1-2H3,(H2,18,21);2-8H,1H3,(H2,18,21);1-6,20H,(H2,18,21);1-5,7,20H,(H2,18,21);2-7,19H,1H3,(H2,17,20);1-7,19H,(H2,17,20). The monoisotopic (exact) mass is 1980 g/mol. The lowest BCUT2D eigenvalue weighted by atomic mass is 10.0. The molecule has 14 aromatic heterocycles. The van der Waals surface area contributed by atoms with Gasteiger partial charge in [0.05, 0.1) is 96.8 Å². The number of halogens is 5. The van der Waals surface area contributed by atoms with Crippen LogP contribution in [0.2, 0.25) is 10.3 Å². The van der Waals surface area contributed by atoms with Crippen molar-refractivity contribution in [2.75, 3.05) is 0 Å². The lowest BCUT2D eigenvalue weighted by Gasteiger charge is -2.08. The van der Waals surface area contributed by atoms with Crippen molar-refractivity contribution in [3.8, 4) is 108 Å². The first-order valence-electron chi connectivity index (χ1n) is 43.5. The molecule has 0 spiro atoms. The SMILES string of the molecule is Cc1c(C(N)=O)[nH]c2c(-c3ccncc3)cc(F)cc12.Cc1c(C(N)=O)n(C)c2c(-c3ccncc3)cc(F)cc12.Cn1c(C(N)=O)cc2cc(C#N)cc(-c3ccnc(Cl)c3)c21.Cn1c(C(N)=O)cc2cc(C#N)cc(-c3ccncc3)c21.N#Cc1cc(-c2ccc(F)nc2)c2[nH]c(C(N)=O)cc2c1.N#Cc1cc(-c2ccnc(Cl)c2)c2[nH]c(C(N)=O)cc2c1.N#Cc1cc(-c2ccncc2)c2[nH]c(C(N)=O)cc2c1. The molecule has 7 amide bonds. The first-order valence-corrected chi connectivity index (χ1v) is 44.3. The summed E-state index contributed by atoms with van der Waals surface area (Å²) in [6, 6.07) is 66.2. The van der Waals surface area contributed by atoms with Gasteiger partial charge in [-0.2, -0.15) is 30.7 Å². The van der Waals surface area contributed by atoms with Gasteiger partial charge in [-0.15, -0.1) is 0 Å². The number of rotatable bonds is 14. The van der Waals surface area contributed by atoms with E-state index in [2.05, 4.69) is 85.2 Å². The predicted molar refractivity (Wildman–Crippen MR) is 547 cm³/mol.